The quantitative estimate of drug-likeness (QED) is 0.748. The molecule has 0 saturated heterocycles. The largest absolute Gasteiger partial charge is 0.467 e. The lowest BCUT2D eigenvalue weighted by molar-refractivity contribution is -0.302. The normalized spacial score (nSPS) is 19.4. The van der Waals surface area contributed by atoms with E-state index in [1.54, 1.807) is 19.1 Å². The molecule has 1 atom stereocenters. The van der Waals surface area contributed by atoms with E-state index in [4.69, 9.17) is 4.74 Å². The van der Waals surface area contributed by atoms with Crippen molar-refractivity contribution in [1.82, 2.24) is 14.8 Å². The SMILES string of the molecule is Cc1ccc(-n2nc(C(F)(F)F)cc2OCC(=O)N2N=CC[C@@]2(O)C(F)(F)F)cc1. The molecule has 30 heavy (non-hydrogen) atoms. The highest BCUT2D eigenvalue weighted by atomic mass is 19.4. The van der Waals surface area contributed by atoms with Crippen LogP contribution in [0.3, 0.4) is 0 Å². The van der Waals surface area contributed by atoms with Gasteiger partial charge in [-0.1, -0.05) is 17.7 Å². The number of benzene rings is 1. The Hall–Kier alpha value is -3.09. The number of rotatable bonds is 4. The van der Waals surface area contributed by atoms with Crippen molar-refractivity contribution in [3.63, 3.8) is 0 Å². The van der Waals surface area contributed by atoms with Crippen LogP contribution in [0.25, 0.3) is 5.69 Å². The van der Waals surface area contributed by atoms with Crippen LogP contribution in [-0.4, -0.2) is 50.5 Å². The van der Waals surface area contributed by atoms with Gasteiger partial charge in [0.25, 0.3) is 11.6 Å². The number of hydrogen-bond acceptors (Lipinski definition) is 5. The van der Waals surface area contributed by atoms with E-state index in [1.807, 2.05) is 0 Å². The average molecular weight is 436 g/mol. The van der Waals surface area contributed by atoms with E-state index in [0.717, 1.165) is 10.2 Å². The van der Waals surface area contributed by atoms with Crippen molar-refractivity contribution in [2.45, 2.75) is 31.4 Å². The average Bonchev–Trinajstić information content (AvgIpc) is 3.24. The first-order valence-corrected chi connectivity index (χ1v) is 8.34. The molecule has 7 nitrogen and oxygen atoms in total. The van der Waals surface area contributed by atoms with Gasteiger partial charge in [0.05, 0.1) is 5.69 Å². The van der Waals surface area contributed by atoms with Crippen molar-refractivity contribution in [3.05, 3.63) is 41.6 Å². The number of ether oxygens (including phenoxy) is 1. The second kappa shape index (κ2) is 7.31. The molecule has 0 aliphatic carbocycles. The fourth-order valence-corrected chi connectivity index (χ4v) is 2.61. The lowest BCUT2D eigenvalue weighted by Crippen LogP contribution is -2.57. The molecule has 13 heteroatoms. The lowest BCUT2D eigenvalue weighted by Gasteiger charge is -2.32. The summed E-state index contributed by atoms with van der Waals surface area (Å²) in [6, 6.07) is 6.61. The zero-order valence-corrected chi connectivity index (χ0v) is 15.2. The second-order valence-corrected chi connectivity index (χ2v) is 6.42. The third-order valence-corrected chi connectivity index (χ3v) is 4.20. The van der Waals surface area contributed by atoms with Gasteiger partial charge in [-0.05, 0) is 19.1 Å². The van der Waals surface area contributed by atoms with Gasteiger partial charge in [-0.25, -0.2) is 4.68 Å². The summed E-state index contributed by atoms with van der Waals surface area (Å²) in [6.45, 7) is 0.632. The Morgan fingerprint density at radius 3 is 2.40 bits per heavy atom. The van der Waals surface area contributed by atoms with Crippen LogP contribution in [0.4, 0.5) is 26.3 Å². The van der Waals surface area contributed by atoms with E-state index in [1.165, 1.54) is 12.1 Å². The van der Waals surface area contributed by atoms with E-state index < -0.39 is 48.6 Å². The molecule has 1 aliphatic heterocycles. The van der Waals surface area contributed by atoms with E-state index in [2.05, 4.69) is 10.2 Å². The van der Waals surface area contributed by atoms with Gasteiger partial charge in [-0.15, -0.1) is 0 Å². The van der Waals surface area contributed by atoms with Crippen molar-refractivity contribution in [1.29, 1.82) is 0 Å². The van der Waals surface area contributed by atoms with Crippen LogP contribution in [0.15, 0.2) is 35.4 Å². The molecule has 0 saturated carbocycles. The number of nitrogens with zero attached hydrogens (tertiary/aromatic N) is 4. The Bertz CT molecular complexity index is 967. The third kappa shape index (κ3) is 3.97. The van der Waals surface area contributed by atoms with Crippen LogP contribution in [0.2, 0.25) is 0 Å². The fraction of sp³-hybridized carbons (Fsp3) is 0.353. The summed E-state index contributed by atoms with van der Waals surface area (Å²) >= 11 is 0. The number of carbonyl (C=O) groups is 1. The zero-order chi connectivity index (χ0) is 22.3. The maximum Gasteiger partial charge on any atom is 0.438 e. The summed E-state index contributed by atoms with van der Waals surface area (Å²) in [5, 5.41) is 16.2. The molecule has 2 heterocycles. The maximum atomic E-state index is 13.1. The summed E-state index contributed by atoms with van der Waals surface area (Å²) < 4.78 is 84.2. The number of carbonyl (C=O) groups excluding carboxylic acids is 1. The van der Waals surface area contributed by atoms with Crippen molar-refractivity contribution in [2.75, 3.05) is 6.61 Å². The van der Waals surface area contributed by atoms with Crippen LogP contribution >= 0.6 is 0 Å². The first-order valence-electron chi connectivity index (χ1n) is 8.34. The molecule has 3 rings (SSSR count). The monoisotopic (exact) mass is 436 g/mol. The minimum absolute atomic E-state index is 0.171. The number of halogens is 6. The predicted molar refractivity (Wildman–Crippen MR) is 89.8 cm³/mol. The molecule has 1 aromatic heterocycles. The van der Waals surface area contributed by atoms with Crippen LogP contribution in [0.1, 0.15) is 17.7 Å². The molecule has 1 amide bonds. The van der Waals surface area contributed by atoms with Crippen LogP contribution in [-0.2, 0) is 11.0 Å². The van der Waals surface area contributed by atoms with Crippen molar-refractivity contribution in [3.8, 4) is 11.6 Å². The van der Waals surface area contributed by atoms with Gasteiger partial charge in [0.15, 0.2) is 12.3 Å². The van der Waals surface area contributed by atoms with E-state index >= 15 is 0 Å². The summed E-state index contributed by atoms with van der Waals surface area (Å²) in [5.74, 6) is -1.94. The predicted octanol–water partition coefficient (Wildman–Crippen LogP) is 3.05. The smallest absolute Gasteiger partial charge is 0.438 e. The highest BCUT2D eigenvalue weighted by Crippen LogP contribution is 2.38. The highest BCUT2D eigenvalue weighted by Gasteiger charge is 2.61. The van der Waals surface area contributed by atoms with Crippen LogP contribution in [0.5, 0.6) is 5.88 Å². The fourth-order valence-electron chi connectivity index (χ4n) is 2.61. The van der Waals surface area contributed by atoms with E-state index in [0.29, 0.717) is 12.3 Å². The van der Waals surface area contributed by atoms with E-state index in [9.17, 15) is 36.2 Å². The van der Waals surface area contributed by atoms with Crippen molar-refractivity contribution < 1.29 is 41.0 Å². The molecule has 1 N–H and O–H groups in total. The molecule has 2 aromatic rings. The van der Waals surface area contributed by atoms with Crippen molar-refractivity contribution in [2.24, 2.45) is 5.10 Å². The lowest BCUT2D eigenvalue weighted by atomic mass is 10.1. The number of amides is 1. The van der Waals surface area contributed by atoms with Gasteiger partial charge in [0.2, 0.25) is 5.88 Å². The third-order valence-electron chi connectivity index (χ3n) is 4.20. The Morgan fingerprint density at radius 1 is 1.20 bits per heavy atom. The molecular weight excluding hydrogens is 422 g/mol. The van der Waals surface area contributed by atoms with Gasteiger partial charge in [-0.3, -0.25) is 4.79 Å². The number of aliphatic hydroxyl groups is 1. The Labute approximate surface area is 165 Å². The van der Waals surface area contributed by atoms with Gasteiger partial charge < -0.3 is 9.84 Å². The first kappa shape index (κ1) is 21.6. The Kier molecular flexibility index (Phi) is 5.26. The standard InChI is InChI=1S/C17H14F6N4O3/c1-10-2-4-11(5-3-10)26-14(8-12(25-26)16(18,19)20)30-9-13(28)27-15(29,6-7-24-27)17(21,22)23/h2-5,7-8,29H,6,9H2,1H3/t15-/m1/s1. The molecule has 1 aliphatic rings. The van der Waals surface area contributed by atoms with Crippen LogP contribution < -0.4 is 4.74 Å². The molecular formula is C17H14F6N4O3. The van der Waals surface area contributed by atoms with Gasteiger partial charge in [0, 0.05) is 18.7 Å². The van der Waals surface area contributed by atoms with Gasteiger partial charge >= 0.3 is 12.4 Å². The molecule has 0 radical (unpaired) electrons. The van der Waals surface area contributed by atoms with Crippen LogP contribution in [0, 0.1) is 6.92 Å². The number of hydrazone groups is 1. The number of hydrogen-bond donors (Lipinski definition) is 1. The topological polar surface area (TPSA) is 80.0 Å². The summed E-state index contributed by atoms with van der Waals surface area (Å²) in [7, 11) is 0. The van der Waals surface area contributed by atoms with Gasteiger partial charge in [-0.2, -0.15) is 41.6 Å². The summed E-state index contributed by atoms with van der Waals surface area (Å²) in [4.78, 5) is 12.2. The number of aromatic nitrogens is 2. The van der Waals surface area contributed by atoms with Gasteiger partial charge in [0.1, 0.15) is 0 Å². The zero-order valence-electron chi connectivity index (χ0n) is 15.2. The molecule has 0 spiro atoms. The second-order valence-electron chi connectivity index (χ2n) is 6.42. The highest BCUT2D eigenvalue weighted by molar-refractivity contribution is 5.81. The molecule has 1 aromatic carbocycles. The number of alkyl halides is 6. The molecule has 0 unspecified atom stereocenters. The summed E-state index contributed by atoms with van der Waals surface area (Å²) in [5.41, 5.74) is -3.89. The minimum Gasteiger partial charge on any atom is -0.467 e. The Balaban J connectivity index is 1.86. The minimum atomic E-state index is -5.20. The number of aryl methyl sites for hydroxylation is 1. The molecule has 0 fully saturated rings. The maximum absolute atomic E-state index is 13.1. The molecule has 162 valence electrons. The van der Waals surface area contributed by atoms with E-state index in [-0.39, 0.29) is 10.7 Å². The Morgan fingerprint density at radius 2 is 1.83 bits per heavy atom. The van der Waals surface area contributed by atoms with Crippen molar-refractivity contribution >= 4 is 12.1 Å². The first-order chi connectivity index (χ1) is 13.8. The molecule has 0 bridgehead atoms. The summed E-state index contributed by atoms with van der Waals surface area (Å²) in [6.07, 6.45) is -10.3.